The molecule has 1 rings (SSSR count). The molecule has 1 amide bonds. The van der Waals surface area contributed by atoms with Crippen molar-refractivity contribution in [3.8, 4) is 0 Å². The molecule has 4 heteroatoms. The van der Waals surface area contributed by atoms with Crippen molar-refractivity contribution in [2.24, 2.45) is 11.3 Å². The van der Waals surface area contributed by atoms with E-state index in [2.05, 4.69) is 5.32 Å². The van der Waals surface area contributed by atoms with E-state index >= 15 is 0 Å². The van der Waals surface area contributed by atoms with E-state index in [9.17, 15) is 9.59 Å². The number of nitrogens with one attached hydrogen (secondary N) is 1. The van der Waals surface area contributed by atoms with E-state index in [1.165, 1.54) is 6.42 Å². The van der Waals surface area contributed by atoms with Gasteiger partial charge in [-0.1, -0.05) is 20.3 Å². The van der Waals surface area contributed by atoms with Crippen LogP contribution in [0.3, 0.4) is 0 Å². The first-order valence-electron chi connectivity index (χ1n) is 6.40. The van der Waals surface area contributed by atoms with E-state index in [4.69, 9.17) is 5.11 Å². The first-order valence-corrected chi connectivity index (χ1v) is 6.40. The Morgan fingerprint density at radius 3 is 2.41 bits per heavy atom. The zero-order valence-electron chi connectivity index (χ0n) is 10.8. The molecule has 98 valence electrons. The molecule has 0 aromatic rings. The Hall–Kier alpha value is -1.06. The fraction of sp³-hybridized carbons (Fsp3) is 0.846. The molecule has 1 saturated carbocycles. The molecule has 0 aromatic heterocycles. The molecule has 0 bridgehead atoms. The number of amides is 1. The molecular formula is C13H23NO3. The van der Waals surface area contributed by atoms with E-state index < -0.39 is 5.97 Å². The maximum Gasteiger partial charge on any atom is 0.303 e. The Balaban J connectivity index is 2.15. The second kappa shape index (κ2) is 6.03. The van der Waals surface area contributed by atoms with Crippen molar-refractivity contribution < 1.29 is 14.7 Å². The molecule has 1 fully saturated rings. The summed E-state index contributed by atoms with van der Waals surface area (Å²) in [6, 6.07) is 0. The standard InChI is InChI=1S/C13H23NO3/c1-13(2,7-6-11(15)16)8-9-14-12(17)10-4-3-5-10/h10H,3-9H2,1-2H3,(H,14,17)(H,15,16). The highest BCUT2D eigenvalue weighted by molar-refractivity contribution is 5.79. The number of hydrogen-bond acceptors (Lipinski definition) is 2. The lowest BCUT2D eigenvalue weighted by molar-refractivity contribution is -0.137. The van der Waals surface area contributed by atoms with Crippen LogP contribution in [0.5, 0.6) is 0 Å². The third kappa shape index (κ3) is 5.20. The maximum atomic E-state index is 11.6. The van der Waals surface area contributed by atoms with Gasteiger partial charge in [0, 0.05) is 18.9 Å². The number of carbonyl (C=O) groups is 2. The van der Waals surface area contributed by atoms with Crippen LogP contribution in [0.1, 0.15) is 52.4 Å². The van der Waals surface area contributed by atoms with Crippen molar-refractivity contribution in [2.75, 3.05) is 6.54 Å². The van der Waals surface area contributed by atoms with Gasteiger partial charge in [0.1, 0.15) is 0 Å². The van der Waals surface area contributed by atoms with Gasteiger partial charge in [-0.15, -0.1) is 0 Å². The summed E-state index contributed by atoms with van der Waals surface area (Å²) in [5, 5.41) is 11.6. The minimum Gasteiger partial charge on any atom is -0.481 e. The smallest absolute Gasteiger partial charge is 0.303 e. The van der Waals surface area contributed by atoms with Gasteiger partial charge in [-0.25, -0.2) is 0 Å². The fourth-order valence-corrected chi connectivity index (χ4v) is 1.91. The normalized spacial score (nSPS) is 16.4. The van der Waals surface area contributed by atoms with Gasteiger partial charge < -0.3 is 10.4 Å². The monoisotopic (exact) mass is 241 g/mol. The topological polar surface area (TPSA) is 66.4 Å². The van der Waals surface area contributed by atoms with Gasteiger partial charge in [-0.2, -0.15) is 0 Å². The molecule has 4 nitrogen and oxygen atoms in total. The molecule has 0 saturated heterocycles. The summed E-state index contributed by atoms with van der Waals surface area (Å²) in [6.07, 6.45) is 4.90. The van der Waals surface area contributed by atoms with Crippen LogP contribution in [0.4, 0.5) is 0 Å². The van der Waals surface area contributed by atoms with Crippen molar-refractivity contribution in [3.05, 3.63) is 0 Å². The van der Waals surface area contributed by atoms with E-state index in [1.54, 1.807) is 0 Å². The quantitative estimate of drug-likeness (QED) is 0.718. The Kier molecular flexibility index (Phi) is 4.97. The zero-order valence-corrected chi connectivity index (χ0v) is 10.8. The lowest BCUT2D eigenvalue weighted by Crippen LogP contribution is -2.36. The first-order chi connectivity index (χ1) is 7.91. The average Bonchev–Trinajstić information content (AvgIpc) is 2.12. The molecular weight excluding hydrogens is 218 g/mol. The Morgan fingerprint density at radius 1 is 1.29 bits per heavy atom. The third-order valence-corrected chi connectivity index (χ3v) is 3.59. The largest absolute Gasteiger partial charge is 0.481 e. The minimum atomic E-state index is -0.753. The summed E-state index contributed by atoms with van der Waals surface area (Å²) in [5.41, 5.74) is -0.0225. The minimum absolute atomic E-state index is 0.0225. The summed E-state index contributed by atoms with van der Waals surface area (Å²) >= 11 is 0. The highest BCUT2D eigenvalue weighted by atomic mass is 16.4. The van der Waals surface area contributed by atoms with Gasteiger partial charge in [0.2, 0.25) is 5.91 Å². The summed E-state index contributed by atoms with van der Waals surface area (Å²) < 4.78 is 0. The number of rotatable bonds is 7. The highest BCUT2D eigenvalue weighted by Crippen LogP contribution is 2.28. The first kappa shape index (κ1) is 14.0. The van der Waals surface area contributed by atoms with Crippen LogP contribution in [-0.4, -0.2) is 23.5 Å². The van der Waals surface area contributed by atoms with Crippen molar-refractivity contribution in [1.82, 2.24) is 5.32 Å². The lowest BCUT2D eigenvalue weighted by atomic mass is 9.83. The van der Waals surface area contributed by atoms with Crippen molar-refractivity contribution in [1.29, 1.82) is 0 Å². The zero-order chi connectivity index (χ0) is 12.9. The van der Waals surface area contributed by atoms with Gasteiger partial charge >= 0.3 is 5.97 Å². The molecule has 0 spiro atoms. The fourth-order valence-electron chi connectivity index (χ4n) is 1.91. The van der Waals surface area contributed by atoms with Crippen LogP contribution < -0.4 is 5.32 Å². The van der Waals surface area contributed by atoms with Gasteiger partial charge in [-0.05, 0) is 31.1 Å². The molecule has 0 unspecified atom stereocenters. The highest BCUT2D eigenvalue weighted by Gasteiger charge is 2.25. The van der Waals surface area contributed by atoms with Crippen LogP contribution >= 0.6 is 0 Å². The van der Waals surface area contributed by atoms with Crippen molar-refractivity contribution in [2.45, 2.75) is 52.4 Å². The summed E-state index contributed by atoms with van der Waals surface area (Å²) in [5.74, 6) is -0.348. The number of aliphatic carboxylic acids is 1. The Bertz CT molecular complexity index is 282. The molecule has 0 aromatic carbocycles. The molecule has 2 N–H and O–H groups in total. The second-order valence-electron chi connectivity index (χ2n) is 5.73. The molecule has 0 radical (unpaired) electrons. The van der Waals surface area contributed by atoms with E-state index in [0.29, 0.717) is 13.0 Å². The number of carbonyl (C=O) groups excluding carboxylic acids is 1. The van der Waals surface area contributed by atoms with E-state index in [0.717, 1.165) is 19.3 Å². The van der Waals surface area contributed by atoms with Gasteiger partial charge in [0.25, 0.3) is 0 Å². The van der Waals surface area contributed by atoms with Crippen LogP contribution in [0.15, 0.2) is 0 Å². The van der Waals surface area contributed by atoms with Crippen LogP contribution in [0.2, 0.25) is 0 Å². The molecule has 0 heterocycles. The molecule has 1 aliphatic rings. The van der Waals surface area contributed by atoms with Gasteiger partial charge in [-0.3, -0.25) is 9.59 Å². The number of hydrogen-bond donors (Lipinski definition) is 2. The van der Waals surface area contributed by atoms with E-state index in [1.807, 2.05) is 13.8 Å². The van der Waals surface area contributed by atoms with Crippen LogP contribution in [0, 0.1) is 11.3 Å². The summed E-state index contributed by atoms with van der Waals surface area (Å²) in [7, 11) is 0. The Morgan fingerprint density at radius 2 is 1.94 bits per heavy atom. The predicted molar refractivity (Wildman–Crippen MR) is 65.6 cm³/mol. The van der Waals surface area contributed by atoms with Crippen LogP contribution in [0.25, 0.3) is 0 Å². The molecule has 1 aliphatic carbocycles. The number of carboxylic acid groups (broad SMARTS) is 1. The Labute approximate surface area is 103 Å². The SMILES string of the molecule is CC(C)(CCNC(=O)C1CCC1)CCC(=O)O. The summed E-state index contributed by atoms with van der Waals surface area (Å²) in [6.45, 7) is 4.75. The van der Waals surface area contributed by atoms with E-state index in [-0.39, 0.29) is 23.7 Å². The number of carboxylic acids is 1. The van der Waals surface area contributed by atoms with Gasteiger partial charge in [0.15, 0.2) is 0 Å². The molecule has 17 heavy (non-hydrogen) atoms. The molecule has 0 aliphatic heterocycles. The van der Waals surface area contributed by atoms with Crippen molar-refractivity contribution >= 4 is 11.9 Å². The van der Waals surface area contributed by atoms with Crippen LogP contribution in [-0.2, 0) is 9.59 Å². The molecule has 0 atom stereocenters. The second-order valence-corrected chi connectivity index (χ2v) is 5.73. The van der Waals surface area contributed by atoms with Crippen molar-refractivity contribution in [3.63, 3.8) is 0 Å². The summed E-state index contributed by atoms with van der Waals surface area (Å²) in [4.78, 5) is 22.1. The van der Waals surface area contributed by atoms with Gasteiger partial charge in [0.05, 0.1) is 0 Å². The average molecular weight is 241 g/mol. The maximum absolute atomic E-state index is 11.6. The third-order valence-electron chi connectivity index (χ3n) is 3.59. The predicted octanol–water partition coefficient (Wildman–Crippen LogP) is 2.18. The lowest BCUT2D eigenvalue weighted by Gasteiger charge is -2.27.